The van der Waals surface area contributed by atoms with Crippen LogP contribution in [-0.4, -0.2) is 36.7 Å². The zero-order valence-electron chi connectivity index (χ0n) is 12.3. The van der Waals surface area contributed by atoms with Gasteiger partial charge in [0.15, 0.2) is 0 Å². The molecule has 4 heteroatoms. The van der Waals surface area contributed by atoms with Gasteiger partial charge >= 0.3 is 5.97 Å². The summed E-state index contributed by atoms with van der Waals surface area (Å²) in [6, 6.07) is 0.260. The van der Waals surface area contributed by atoms with E-state index in [-0.39, 0.29) is 12.0 Å². The third-order valence-electron chi connectivity index (χ3n) is 3.24. The molecule has 1 N–H and O–H groups in total. The van der Waals surface area contributed by atoms with Crippen LogP contribution in [0, 0.1) is 11.3 Å². The molecule has 1 rings (SSSR count). The molecule has 0 aromatic rings. The van der Waals surface area contributed by atoms with E-state index < -0.39 is 0 Å². The molecule has 0 radical (unpaired) electrons. The van der Waals surface area contributed by atoms with Crippen molar-refractivity contribution < 1.29 is 9.53 Å². The lowest BCUT2D eigenvalue weighted by atomic mass is 9.87. The summed E-state index contributed by atoms with van der Waals surface area (Å²) >= 11 is 1.98. The first-order valence-electron chi connectivity index (χ1n) is 6.75. The molecule has 2 atom stereocenters. The molecule has 0 amide bonds. The van der Waals surface area contributed by atoms with E-state index in [1.807, 2.05) is 11.8 Å². The number of hydrogen-bond acceptors (Lipinski definition) is 4. The van der Waals surface area contributed by atoms with Crippen molar-refractivity contribution in [3.8, 4) is 0 Å². The number of methoxy groups -OCH3 is 1. The van der Waals surface area contributed by atoms with Crippen molar-refractivity contribution >= 4 is 17.7 Å². The van der Waals surface area contributed by atoms with Crippen molar-refractivity contribution in [1.82, 2.24) is 5.32 Å². The van der Waals surface area contributed by atoms with Crippen molar-refractivity contribution in [1.29, 1.82) is 0 Å². The largest absolute Gasteiger partial charge is 0.468 e. The summed E-state index contributed by atoms with van der Waals surface area (Å²) in [5.74, 6) is 2.66. The van der Waals surface area contributed by atoms with Crippen molar-refractivity contribution in [2.24, 2.45) is 11.3 Å². The molecule has 18 heavy (non-hydrogen) atoms. The number of esters is 1. The van der Waals surface area contributed by atoms with Gasteiger partial charge in [-0.25, -0.2) is 0 Å². The normalized spacial score (nSPS) is 24.9. The van der Waals surface area contributed by atoms with E-state index >= 15 is 0 Å². The Balaban J connectivity index is 2.57. The number of rotatable bonds is 5. The maximum atomic E-state index is 11.8. The Morgan fingerprint density at radius 2 is 2.17 bits per heavy atom. The van der Waals surface area contributed by atoms with Gasteiger partial charge < -0.3 is 10.1 Å². The average Bonchev–Trinajstić information content (AvgIpc) is 2.25. The minimum Gasteiger partial charge on any atom is -0.468 e. The van der Waals surface area contributed by atoms with Gasteiger partial charge in [-0.05, 0) is 29.9 Å². The van der Waals surface area contributed by atoms with Crippen LogP contribution in [0.15, 0.2) is 0 Å². The van der Waals surface area contributed by atoms with Crippen LogP contribution in [0.4, 0.5) is 0 Å². The summed E-state index contributed by atoms with van der Waals surface area (Å²) in [7, 11) is 1.47. The number of carbonyl (C=O) groups is 1. The molecule has 1 fully saturated rings. The van der Waals surface area contributed by atoms with E-state index in [0.717, 1.165) is 18.6 Å². The van der Waals surface area contributed by atoms with Crippen molar-refractivity contribution in [2.45, 2.75) is 52.6 Å². The molecule has 1 aliphatic heterocycles. The summed E-state index contributed by atoms with van der Waals surface area (Å²) in [5.41, 5.74) is 0.360. The summed E-state index contributed by atoms with van der Waals surface area (Å²) in [4.78, 5) is 11.8. The molecule has 0 spiro atoms. The summed E-state index contributed by atoms with van der Waals surface area (Å²) in [5, 5.41) is 3.50. The molecule has 106 valence electrons. The maximum absolute atomic E-state index is 11.8. The van der Waals surface area contributed by atoms with E-state index in [1.54, 1.807) is 0 Å². The first kappa shape index (κ1) is 15.8. The molecule has 2 unspecified atom stereocenters. The zero-order chi connectivity index (χ0) is 13.8. The van der Waals surface area contributed by atoms with Gasteiger partial charge in [-0.15, -0.1) is 0 Å². The topological polar surface area (TPSA) is 38.3 Å². The SMILES string of the molecule is COC(=O)C(CC(C)C)NC1CSCC(C)(C)C1. The summed E-state index contributed by atoms with van der Waals surface area (Å²) in [6.07, 6.45) is 1.97. The zero-order valence-corrected chi connectivity index (χ0v) is 13.1. The Bertz CT molecular complexity index is 279. The highest BCUT2D eigenvalue weighted by atomic mass is 32.2. The van der Waals surface area contributed by atoms with Crippen molar-refractivity contribution in [2.75, 3.05) is 18.6 Å². The Morgan fingerprint density at radius 1 is 1.50 bits per heavy atom. The molecule has 1 heterocycles. The van der Waals surface area contributed by atoms with Gasteiger partial charge in [0, 0.05) is 11.8 Å². The van der Waals surface area contributed by atoms with Gasteiger partial charge in [-0.2, -0.15) is 11.8 Å². The number of hydrogen-bond donors (Lipinski definition) is 1. The Kier molecular flexibility index (Phi) is 5.99. The molecule has 3 nitrogen and oxygen atoms in total. The Morgan fingerprint density at radius 3 is 2.67 bits per heavy atom. The van der Waals surface area contributed by atoms with Gasteiger partial charge in [-0.3, -0.25) is 4.79 Å². The third-order valence-corrected chi connectivity index (χ3v) is 4.86. The minimum absolute atomic E-state index is 0.128. The van der Waals surface area contributed by atoms with Gasteiger partial charge in [0.2, 0.25) is 0 Å². The van der Waals surface area contributed by atoms with E-state index in [1.165, 1.54) is 12.9 Å². The maximum Gasteiger partial charge on any atom is 0.322 e. The lowest BCUT2D eigenvalue weighted by Crippen LogP contribution is -2.49. The summed E-state index contributed by atoms with van der Waals surface area (Å²) in [6.45, 7) is 8.86. The lowest BCUT2D eigenvalue weighted by Gasteiger charge is -2.36. The summed E-state index contributed by atoms with van der Waals surface area (Å²) < 4.78 is 4.90. The molecule has 0 aromatic carbocycles. The second-order valence-corrected chi connectivity index (χ2v) is 7.48. The molecule has 0 aliphatic carbocycles. The fraction of sp³-hybridized carbons (Fsp3) is 0.929. The van der Waals surface area contributed by atoms with Crippen LogP contribution in [-0.2, 0) is 9.53 Å². The van der Waals surface area contributed by atoms with Crippen molar-refractivity contribution in [3.63, 3.8) is 0 Å². The number of carbonyl (C=O) groups excluding carboxylic acids is 1. The second kappa shape index (κ2) is 6.80. The molecular formula is C14H27NO2S. The van der Waals surface area contributed by atoms with E-state index in [0.29, 0.717) is 17.4 Å². The molecule has 0 saturated carbocycles. The van der Waals surface area contributed by atoms with E-state index in [4.69, 9.17) is 4.74 Å². The fourth-order valence-electron chi connectivity index (χ4n) is 2.50. The molecule has 1 aliphatic rings. The van der Waals surface area contributed by atoms with Crippen molar-refractivity contribution in [3.05, 3.63) is 0 Å². The van der Waals surface area contributed by atoms with Crippen LogP contribution < -0.4 is 5.32 Å². The van der Waals surface area contributed by atoms with Crippen LogP contribution in [0.5, 0.6) is 0 Å². The van der Waals surface area contributed by atoms with E-state index in [9.17, 15) is 4.79 Å². The highest BCUT2D eigenvalue weighted by Crippen LogP contribution is 2.33. The van der Waals surface area contributed by atoms with Crippen LogP contribution >= 0.6 is 11.8 Å². The Hall–Kier alpha value is -0.220. The first-order chi connectivity index (χ1) is 8.34. The third kappa shape index (κ3) is 5.19. The minimum atomic E-state index is -0.158. The predicted molar refractivity (Wildman–Crippen MR) is 77.9 cm³/mol. The van der Waals surface area contributed by atoms with Gasteiger partial charge in [0.25, 0.3) is 0 Å². The van der Waals surface area contributed by atoms with Gasteiger partial charge in [0.05, 0.1) is 7.11 Å². The number of nitrogens with one attached hydrogen (secondary N) is 1. The van der Waals surface area contributed by atoms with Crippen LogP contribution in [0.2, 0.25) is 0 Å². The average molecular weight is 273 g/mol. The van der Waals surface area contributed by atoms with Crippen LogP contribution in [0.25, 0.3) is 0 Å². The lowest BCUT2D eigenvalue weighted by molar-refractivity contribution is -0.143. The fourth-order valence-corrected chi connectivity index (χ4v) is 3.79. The quantitative estimate of drug-likeness (QED) is 0.782. The number of thioether (sulfide) groups is 1. The number of ether oxygens (including phenoxy) is 1. The van der Waals surface area contributed by atoms with E-state index in [2.05, 4.69) is 33.0 Å². The monoisotopic (exact) mass is 273 g/mol. The van der Waals surface area contributed by atoms with Gasteiger partial charge in [0.1, 0.15) is 6.04 Å². The second-order valence-electron chi connectivity index (χ2n) is 6.45. The first-order valence-corrected chi connectivity index (χ1v) is 7.91. The smallest absolute Gasteiger partial charge is 0.322 e. The highest BCUT2D eigenvalue weighted by molar-refractivity contribution is 7.99. The standard InChI is InChI=1S/C14H27NO2S/c1-10(2)6-12(13(16)17-5)15-11-7-14(3,4)9-18-8-11/h10-12,15H,6-9H2,1-5H3. The van der Waals surface area contributed by atoms with Crippen LogP contribution in [0.1, 0.15) is 40.5 Å². The molecular weight excluding hydrogens is 246 g/mol. The van der Waals surface area contributed by atoms with Gasteiger partial charge in [-0.1, -0.05) is 27.7 Å². The molecule has 0 bridgehead atoms. The van der Waals surface area contributed by atoms with Crippen LogP contribution in [0.3, 0.4) is 0 Å². The Labute approximate surface area is 115 Å². The molecule has 1 saturated heterocycles. The predicted octanol–water partition coefficient (Wildman–Crippen LogP) is 2.70. The molecule has 0 aromatic heterocycles. The highest BCUT2D eigenvalue weighted by Gasteiger charge is 2.31.